The summed E-state index contributed by atoms with van der Waals surface area (Å²) < 4.78 is 10.4. The van der Waals surface area contributed by atoms with E-state index in [2.05, 4.69) is 0 Å². The lowest BCUT2D eigenvalue weighted by molar-refractivity contribution is -0.112. The molecule has 3 nitrogen and oxygen atoms in total. The molecule has 0 amide bonds. The van der Waals surface area contributed by atoms with Crippen molar-refractivity contribution < 1.29 is 14.2 Å². The maximum Gasteiger partial charge on any atom is 0.491 e. The Morgan fingerprint density at radius 2 is 1.50 bits per heavy atom. The maximum absolute atomic E-state index is 10.4. The van der Waals surface area contributed by atoms with Crippen molar-refractivity contribution in [2.75, 3.05) is 0 Å². The van der Waals surface area contributed by atoms with Gasteiger partial charge >= 0.3 is 18.8 Å². The predicted octanol–water partition coefficient (Wildman–Crippen LogP) is 0.661. The van der Waals surface area contributed by atoms with Gasteiger partial charge in [-0.2, -0.15) is 0 Å². The van der Waals surface area contributed by atoms with Gasteiger partial charge in [-0.25, -0.2) is 9.59 Å². The fraction of sp³-hybridized carbons (Fsp3) is 0.500. The van der Waals surface area contributed by atoms with Crippen molar-refractivity contribution in [3.8, 4) is 0 Å². The normalized spacial score (nSPS) is 20.2. The third-order valence-corrected chi connectivity index (χ3v) is 2.36. The summed E-state index contributed by atoms with van der Waals surface area (Å²) in [5.41, 5.74) is -0.769. The SMILES string of the molecule is O=C1CCC(=O)[P+]1=O. The lowest BCUT2D eigenvalue weighted by atomic mass is 10.4. The Hall–Kier alpha value is -0.560. The molecule has 0 atom stereocenters. The average Bonchev–Trinajstić information content (AvgIpc) is 1.98. The Morgan fingerprint density at radius 1 is 1.12 bits per heavy atom. The number of carbonyl (C=O) groups is 2. The minimum Gasteiger partial charge on any atom is -0.240 e. The third kappa shape index (κ3) is 0.693. The molecule has 0 radical (unpaired) electrons. The Kier molecular flexibility index (Phi) is 1.22. The molecule has 0 bridgehead atoms. The Labute approximate surface area is 46.9 Å². The van der Waals surface area contributed by atoms with Crippen molar-refractivity contribution in [2.24, 2.45) is 0 Å². The Morgan fingerprint density at radius 3 is 1.62 bits per heavy atom. The van der Waals surface area contributed by atoms with Crippen molar-refractivity contribution in [1.82, 2.24) is 0 Å². The average molecular weight is 131 g/mol. The van der Waals surface area contributed by atoms with Crippen LogP contribution in [-0.2, 0) is 14.2 Å². The van der Waals surface area contributed by atoms with Gasteiger partial charge in [-0.3, -0.25) is 0 Å². The first-order chi connectivity index (χ1) is 3.72. The molecule has 1 aliphatic heterocycles. The molecule has 0 aromatic rings. The second-order valence-electron chi connectivity index (χ2n) is 1.58. The summed E-state index contributed by atoms with van der Waals surface area (Å²) in [6.45, 7) is 0. The molecule has 0 aromatic heterocycles. The van der Waals surface area contributed by atoms with E-state index in [0.29, 0.717) is 0 Å². The fourth-order valence-corrected chi connectivity index (χ4v) is 1.46. The highest BCUT2D eigenvalue weighted by Gasteiger charge is 2.44. The van der Waals surface area contributed by atoms with Crippen LogP contribution >= 0.6 is 7.80 Å². The molecule has 0 N–H and O–H groups in total. The maximum atomic E-state index is 10.4. The van der Waals surface area contributed by atoms with Gasteiger partial charge in [0.05, 0.1) is 12.8 Å². The van der Waals surface area contributed by atoms with Crippen LogP contribution in [0.25, 0.3) is 0 Å². The molecule has 1 aliphatic rings. The van der Waals surface area contributed by atoms with Crippen LogP contribution in [0, 0.1) is 0 Å². The van der Waals surface area contributed by atoms with Crippen LogP contribution in [0.5, 0.6) is 0 Å². The van der Waals surface area contributed by atoms with E-state index in [1.54, 1.807) is 0 Å². The van der Waals surface area contributed by atoms with Gasteiger partial charge < -0.3 is 0 Å². The summed E-state index contributed by atoms with van der Waals surface area (Å²) >= 11 is 0. The highest BCUT2D eigenvalue weighted by atomic mass is 31.1. The smallest absolute Gasteiger partial charge is 0.240 e. The van der Waals surface area contributed by atoms with E-state index in [1.165, 1.54) is 0 Å². The molecule has 0 saturated carbocycles. The Bertz CT molecular complexity index is 154. The molecule has 1 heterocycles. The second kappa shape index (κ2) is 1.75. The van der Waals surface area contributed by atoms with Crippen LogP contribution in [0.4, 0.5) is 0 Å². The van der Waals surface area contributed by atoms with Crippen LogP contribution in [0.15, 0.2) is 0 Å². The van der Waals surface area contributed by atoms with E-state index in [-0.39, 0.29) is 23.9 Å². The van der Waals surface area contributed by atoms with Gasteiger partial charge in [0.25, 0.3) is 0 Å². The molecule has 0 unspecified atom stereocenters. The minimum atomic E-state index is -2.12. The van der Waals surface area contributed by atoms with Gasteiger partial charge in [0.15, 0.2) is 0 Å². The quantitative estimate of drug-likeness (QED) is 0.454. The molecule has 0 aliphatic carbocycles. The zero-order chi connectivity index (χ0) is 6.15. The topological polar surface area (TPSA) is 51.2 Å². The Balaban J connectivity index is 2.86. The molecule has 1 rings (SSSR count). The van der Waals surface area contributed by atoms with Crippen LogP contribution in [0.1, 0.15) is 12.8 Å². The molecule has 0 aromatic carbocycles. The number of carbonyl (C=O) groups excluding carboxylic acids is 2. The van der Waals surface area contributed by atoms with E-state index in [9.17, 15) is 14.2 Å². The van der Waals surface area contributed by atoms with Crippen LogP contribution in [0.2, 0.25) is 0 Å². The van der Waals surface area contributed by atoms with Gasteiger partial charge in [0.1, 0.15) is 0 Å². The lowest BCUT2D eigenvalue weighted by Crippen LogP contribution is -1.78. The van der Waals surface area contributed by atoms with Gasteiger partial charge in [-0.15, -0.1) is 0 Å². The van der Waals surface area contributed by atoms with E-state index < -0.39 is 7.80 Å². The number of rotatable bonds is 0. The van der Waals surface area contributed by atoms with E-state index in [1.807, 2.05) is 0 Å². The summed E-state index contributed by atoms with van der Waals surface area (Å²) in [4.78, 5) is 20.6. The fourth-order valence-electron chi connectivity index (χ4n) is 0.556. The number of hydrogen-bond donors (Lipinski definition) is 0. The lowest BCUT2D eigenvalue weighted by Gasteiger charge is -1.57. The molecule has 1 fully saturated rings. The van der Waals surface area contributed by atoms with Crippen molar-refractivity contribution in [3.63, 3.8) is 0 Å². The summed E-state index contributed by atoms with van der Waals surface area (Å²) in [6, 6.07) is 0. The monoisotopic (exact) mass is 131 g/mol. The zero-order valence-electron chi connectivity index (χ0n) is 4.09. The standard InChI is InChI=1S/C4H4O3P/c5-3-1-2-4(6)8(3)7/h1-2H2/q+1. The first-order valence-electron chi connectivity index (χ1n) is 2.25. The largest absolute Gasteiger partial charge is 0.491 e. The van der Waals surface area contributed by atoms with Gasteiger partial charge in [0.2, 0.25) is 0 Å². The summed E-state index contributed by atoms with van der Waals surface area (Å²) in [7, 11) is -2.12. The van der Waals surface area contributed by atoms with Gasteiger partial charge in [0, 0.05) is 0 Å². The molecule has 4 heteroatoms. The predicted molar refractivity (Wildman–Crippen MR) is 26.9 cm³/mol. The summed E-state index contributed by atoms with van der Waals surface area (Å²) in [5, 5.41) is 0. The number of hydrogen-bond acceptors (Lipinski definition) is 3. The molecule has 42 valence electrons. The van der Waals surface area contributed by atoms with Crippen molar-refractivity contribution in [2.45, 2.75) is 12.8 Å². The zero-order valence-corrected chi connectivity index (χ0v) is 4.98. The van der Waals surface area contributed by atoms with Crippen molar-refractivity contribution >= 4 is 18.8 Å². The molecule has 8 heavy (non-hydrogen) atoms. The van der Waals surface area contributed by atoms with E-state index in [0.717, 1.165) is 0 Å². The molecule has 0 spiro atoms. The second-order valence-corrected chi connectivity index (χ2v) is 3.17. The first kappa shape index (κ1) is 5.57. The summed E-state index contributed by atoms with van der Waals surface area (Å²) in [5.74, 6) is 0. The van der Waals surface area contributed by atoms with Gasteiger partial charge in [-0.1, -0.05) is 4.57 Å². The van der Waals surface area contributed by atoms with Crippen LogP contribution < -0.4 is 0 Å². The van der Waals surface area contributed by atoms with Crippen LogP contribution in [0.3, 0.4) is 0 Å². The molecular formula is C4H4O3P+. The first-order valence-corrected chi connectivity index (χ1v) is 3.50. The minimum absolute atomic E-state index is 0.189. The third-order valence-electron chi connectivity index (χ3n) is 1.01. The van der Waals surface area contributed by atoms with E-state index in [4.69, 9.17) is 0 Å². The van der Waals surface area contributed by atoms with Gasteiger partial charge in [-0.05, 0) is 0 Å². The van der Waals surface area contributed by atoms with Crippen molar-refractivity contribution in [1.29, 1.82) is 0 Å². The van der Waals surface area contributed by atoms with Crippen molar-refractivity contribution in [3.05, 3.63) is 0 Å². The van der Waals surface area contributed by atoms with Crippen LogP contribution in [-0.4, -0.2) is 11.0 Å². The highest BCUT2D eigenvalue weighted by molar-refractivity contribution is 7.79. The summed E-state index contributed by atoms with van der Waals surface area (Å²) in [6.07, 6.45) is 0.377. The molecule has 1 saturated heterocycles. The van der Waals surface area contributed by atoms with E-state index >= 15 is 0 Å². The highest BCUT2D eigenvalue weighted by Crippen LogP contribution is 2.34. The molecular weight excluding hydrogens is 127 g/mol.